The summed E-state index contributed by atoms with van der Waals surface area (Å²) in [6.07, 6.45) is 1.38. The van der Waals surface area contributed by atoms with Crippen LogP contribution >= 0.6 is 0 Å². The third kappa shape index (κ3) is 5.55. The first-order valence-corrected chi connectivity index (χ1v) is 12.1. The van der Waals surface area contributed by atoms with E-state index in [0.717, 1.165) is 22.5 Å². The summed E-state index contributed by atoms with van der Waals surface area (Å²) in [6.45, 7) is 0. The number of hydrazine groups is 2. The van der Waals surface area contributed by atoms with Gasteiger partial charge in [0.1, 0.15) is 12.0 Å². The van der Waals surface area contributed by atoms with Gasteiger partial charge >= 0.3 is 0 Å². The number of nitrogens with two attached hydrogens (primary N) is 1. The SMILES string of the molecule is Nc1c(NNC(=O)C(c2ccccc2)c2ccccc2)ncnc1NN(c1ccccc1)c1ccccc1. The van der Waals surface area contributed by atoms with E-state index in [-0.39, 0.29) is 17.4 Å². The number of nitrogens with one attached hydrogen (secondary N) is 3. The number of hydrogen-bond donors (Lipinski definition) is 4. The van der Waals surface area contributed by atoms with Gasteiger partial charge in [-0.05, 0) is 35.4 Å². The van der Waals surface area contributed by atoms with Crippen molar-refractivity contribution < 1.29 is 4.79 Å². The minimum absolute atomic E-state index is 0.245. The molecule has 1 aromatic heterocycles. The second-order valence-electron chi connectivity index (χ2n) is 8.47. The molecule has 0 radical (unpaired) electrons. The highest BCUT2D eigenvalue weighted by atomic mass is 16.2. The second kappa shape index (κ2) is 11.6. The molecule has 4 aromatic carbocycles. The molecule has 0 aliphatic rings. The van der Waals surface area contributed by atoms with Crippen LogP contribution in [0.2, 0.25) is 0 Å². The average molecular weight is 502 g/mol. The number of benzene rings is 4. The summed E-state index contributed by atoms with van der Waals surface area (Å²) in [6, 6.07) is 38.8. The Morgan fingerprint density at radius 1 is 0.658 bits per heavy atom. The fraction of sp³-hybridized carbons (Fsp3) is 0.0333. The van der Waals surface area contributed by atoms with Gasteiger partial charge in [-0.15, -0.1) is 0 Å². The standard InChI is InChI=1S/C30H27N7O/c31-27-28(34-35-30(38)26(22-13-5-1-6-14-22)23-15-7-2-8-16-23)32-21-33-29(27)36-37(24-17-9-3-10-18-24)25-19-11-4-12-20-25/h1-21,26H,31H2,(H,35,38)(H2,32,33,34,36). The number of rotatable bonds is 9. The van der Waals surface area contributed by atoms with Gasteiger partial charge in [0.25, 0.3) is 0 Å². The molecular formula is C30H27N7O. The van der Waals surface area contributed by atoms with E-state index in [2.05, 4.69) is 26.2 Å². The molecule has 0 atom stereocenters. The van der Waals surface area contributed by atoms with Crippen molar-refractivity contribution >= 4 is 34.6 Å². The van der Waals surface area contributed by atoms with Crippen molar-refractivity contribution in [3.63, 3.8) is 0 Å². The summed E-state index contributed by atoms with van der Waals surface area (Å²) >= 11 is 0. The molecule has 5 aromatic rings. The van der Waals surface area contributed by atoms with Crippen LogP contribution in [0.25, 0.3) is 0 Å². The Balaban J connectivity index is 1.37. The highest BCUT2D eigenvalue weighted by molar-refractivity contribution is 5.89. The van der Waals surface area contributed by atoms with Crippen LogP contribution < -0.4 is 27.0 Å². The molecule has 0 spiro atoms. The summed E-state index contributed by atoms with van der Waals surface area (Å²) in [5.41, 5.74) is 19.2. The first-order valence-electron chi connectivity index (χ1n) is 12.1. The third-order valence-corrected chi connectivity index (χ3v) is 5.96. The smallest absolute Gasteiger partial charge is 0.250 e. The molecule has 1 amide bonds. The van der Waals surface area contributed by atoms with Crippen LogP contribution in [0.1, 0.15) is 17.0 Å². The van der Waals surface area contributed by atoms with Crippen LogP contribution in [-0.4, -0.2) is 15.9 Å². The van der Waals surface area contributed by atoms with Crippen molar-refractivity contribution in [3.8, 4) is 0 Å². The van der Waals surface area contributed by atoms with Crippen LogP contribution in [0.3, 0.4) is 0 Å². The van der Waals surface area contributed by atoms with Crippen molar-refractivity contribution in [2.45, 2.75) is 5.92 Å². The van der Waals surface area contributed by atoms with E-state index in [1.165, 1.54) is 6.33 Å². The number of carbonyl (C=O) groups is 1. The van der Waals surface area contributed by atoms with E-state index < -0.39 is 5.92 Å². The highest BCUT2D eigenvalue weighted by Crippen LogP contribution is 2.29. The molecule has 0 aliphatic carbocycles. The number of nitrogen functional groups attached to an aromatic ring is 1. The number of nitrogens with zero attached hydrogens (tertiary/aromatic N) is 3. The maximum Gasteiger partial charge on any atom is 0.250 e. The zero-order valence-electron chi connectivity index (χ0n) is 20.5. The van der Waals surface area contributed by atoms with E-state index in [0.29, 0.717) is 5.82 Å². The van der Waals surface area contributed by atoms with E-state index in [1.807, 2.05) is 126 Å². The Morgan fingerprint density at radius 3 is 1.61 bits per heavy atom. The molecule has 8 heteroatoms. The van der Waals surface area contributed by atoms with Gasteiger partial charge in [0.05, 0.1) is 17.3 Å². The number of hydrogen-bond acceptors (Lipinski definition) is 7. The van der Waals surface area contributed by atoms with Crippen molar-refractivity contribution in [1.82, 2.24) is 15.4 Å². The van der Waals surface area contributed by atoms with Crippen molar-refractivity contribution in [1.29, 1.82) is 0 Å². The molecule has 5 N–H and O–H groups in total. The third-order valence-electron chi connectivity index (χ3n) is 5.96. The number of carbonyl (C=O) groups excluding carboxylic acids is 1. The fourth-order valence-corrected chi connectivity index (χ4v) is 4.10. The Morgan fingerprint density at radius 2 is 1.11 bits per heavy atom. The van der Waals surface area contributed by atoms with Crippen molar-refractivity contribution in [2.24, 2.45) is 0 Å². The van der Waals surface area contributed by atoms with E-state index in [4.69, 9.17) is 5.73 Å². The Labute approximate surface area is 221 Å². The summed E-state index contributed by atoms with van der Waals surface area (Å²) < 4.78 is 0. The first kappa shape index (κ1) is 24.3. The summed E-state index contributed by atoms with van der Waals surface area (Å²) in [5, 5.41) is 1.88. The maximum atomic E-state index is 13.4. The average Bonchev–Trinajstić information content (AvgIpc) is 2.98. The minimum atomic E-state index is -0.516. The molecule has 0 fully saturated rings. The van der Waals surface area contributed by atoms with E-state index in [9.17, 15) is 4.79 Å². The molecule has 0 saturated heterocycles. The lowest BCUT2D eigenvalue weighted by Gasteiger charge is -2.27. The van der Waals surface area contributed by atoms with Gasteiger partial charge in [-0.1, -0.05) is 97.1 Å². The molecule has 8 nitrogen and oxygen atoms in total. The van der Waals surface area contributed by atoms with E-state index >= 15 is 0 Å². The lowest BCUT2D eigenvalue weighted by molar-refractivity contribution is -0.121. The predicted octanol–water partition coefficient (Wildman–Crippen LogP) is 5.50. The van der Waals surface area contributed by atoms with Crippen molar-refractivity contribution in [2.75, 3.05) is 21.6 Å². The maximum absolute atomic E-state index is 13.4. The highest BCUT2D eigenvalue weighted by Gasteiger charge is 2.23. The van der Waals surface area contributed by atoms with Crippen LogP contribution in [0, 0.1) is 0 Å². The Kier molecular flexibility index (Phi) is 7.41. The molecule has 5 rings (SSSR count). The molecule has 38 heavy (non-hydrogen) atoms. The van der Waals surface area contributed by atoms with Gasteiger partial charge in [0.2, 0.25) is 5.91 Å². The van der Waals surface area contributed by atoms with Crippen LogP contribution in [-0.2, 0) is 4.79 Å². The number of anilines is 5. The number of para-hydroxylation sites is 2. The van der Waals surface area contributed by atoms with Gasteiger partial charge in [-0.25, -0.2) is 9.97 Å². The Hall–Kier alpha value is -5.37. The van der Waals surface area contributed by atoms with Crippen LogP contribution in [0.5, 0.6) is 0 Å². The van der Waals surface area contributed by atoms with Crippen molar-refractivity contribution in [3.05, 3.63) is 139 Å². The molecule has 0 bridgehead atoms. The summed E-state index contributed by atoms with van der Waals surface area (Å²) in [4.78, 5) is 22.0. The van der Waals surface area contributed by atoms with Gasteiger partial charge in [0, 0.05) is 0 Å². The van der Waals surface area contributed by atoms with Crippen LogP contribution in [0.15, 0.2) is 128 Å². The zero-order valence-corrected chi connectivity index (χ0v) is 20.5. The summed E-state index contributed by atoms with van der Waals surface area (Å²) in [5.74, 6) is -0.105. The minimum Gasteiger partial charge on any atom is -0.393 e. The van der Waals surface area contributed by atoms with Gasteiger partial charge in [0.15, 0.2) is 11.6 Å². The lowest BCUT2D eigenvalue weighted by atomic mass is 9.91. The molecule has 188 valence electrons. The molecule has 0 saturated carbocycles. The van der Waals surface area contributed by atoms with Gasteiger partial charge in [-0.3, -0.25) is 26.1 Å². The number of amides is 1. The molecule has 0 aliphatic heterocycles. The van der Waals surface area contributed by atoms with Crippen LogP contribution in [0.4, 0.5) is 28.7 Å². The largest absolute Gasteiger partial charge is 0.393 e. The quantitative estimate of drug-likeness (QED) is 0.198. The number of aromatic nitrogens is 2. The first-order chi connectivity index (χ1) is 18.7. The topological polar surface area (TPSA) is 108 Å². The lowest BCUT2D eigenvalue weighted by Crippen LogP contribution is -2.35. The fourth-order valence-electron chi connectivity index (χ4n) is 4.10. The monoisotopic (exact) mass is 501 g/mol. The summed E-state index contributed by atoms with van der Waals surface area (Å²) in [7, 11) is 0. The second-order valence-corrected chi connectivity index (χ2v) is 8.47. The van der Waals surface area contributed by atoms with E-state index in [1.54, 1.807) is 0 Å². The normalized spacial score (nSPS) is 10.6. The van der Waals surface area contributed by atoms with Gasteiger partial charge < -0.3 is 5.73 Å². The molecule has 0 unspecified atom stereocenters. The predicted molar refractivity (Wildman–Crippen MR) is 152 cm³/mol. The Bertz CT molecular complexity index is 1390. The molecular weight excluding hydrogens is 474 g/mol. The molecule has 1 heterocycles. The zero-order chi connectivity index (χ0) is 26.2. The van der Waals surface area contributed by atoms with Gasteiger partial charge in [-0.2, -0.15) is 0 Å².